The van der Waals surface area contributed by atoms with Gasteiger partial charge in [0.05, 0.1) is 30.8 Å². The molecule has 0 spiro atoms. The largest absolute Gasteiger partial charge is 0.337 e. The van der Waals surface area contributed by atoms with Crippen molar-refractivity contribution < 1.29 is 14.4 Å². The number of anilines is 1. The van der Waals surface area contributed by atoms with Gasteiger partial charge < -0.3 is 19.5 Å². The molecule has 0 fully saturated rings. The zero-order valence-corrected chi connectivity index (χ0v) is 17.6. The Balaban J connectivity index is 1.39. The monoisotopic (exact) mass is 423 g/mol. The summed E-state index contributed by atoms with van der Waals surface area (Å²) in [6.45, 7) is 3.06. The number of hydrogen-bond acceptors (Lipinski definition) is 5. The fourth-order valence-corrected chi connectivity index (χ4v) is 5.45. The van der Waals surface area contributed by atoms with Crippen LogP contribution in [0.5, 0.6) is 0 Å². The highest BCUT2D eigenvalue weighted by atomic mass is 32.1. The van der Waals surface area contributed by atoms with Gasteiger partial charge in [0.2, 0.25) is 11.8 Å². The van der Waals surface area contributed by atoms with Gasteiger partial charge in [-0.1, -0.05) is 6.07 Å². The summed E-state index contributed by atoms with van der Waals surface area (Å²) in [7, 11) is 1.64. The van der Waals surface area contributed by atoms with Gasteiger partial charge in [-0.2, -0.15) is 0 Å². The predicted molar refractivity (Wildman–Crippen MR) is 113 cm³/mol. The first-order valence-corrected chi connectivity index (χ1v) is 10.6. The lowest BCUT2D eigenvalue weighted by Crippen LogP contribution is -2.37. The number of nitrogens with zero attached hydrogens (tertiary/aromatic N) is 4. The smallest absolute Gasteiger partial charge is 0.257 e. The first-order chi connectivity index (χ1) is 14.4. The lowest BCUT2D eigenvalue weighted by atomic mass is 10.0. The van der Waals surface area contributed by atoms with Crippen LogP contribution in [0.1, 0.15) is 32.1 Å². The molecule has 5 rings (SSSR count). The van der Waals surface area contributed by atoms with Crippen LogP contribution in [-0.4, -0.2) is 57.0 Å². The van der Waals surface area contributed by atoms with E-state index in [9.17, 15) is 14.4 Å². The zero-order chi connectivity index (χ0) is 21.0. The Morgan fingerprint density at radius 1 is 1.30 bits per heavy atom. The maximum absolute atomic E-state index is 13.0. The van der Waals surface area contributed by atoms with Crippen LogP contribution in [-0.2, 0) is 29.0 Å². The maximum atomic E-state index is 13.0. The van der Waals surface area contributed by atoms with E-state index >= 15 is 0 Å². The molecular weight excluding hydrogens is 402 g/mol. The number of amides is 3. The van der Waals surface area contributed by atoms with Crippen LogP contribution in [0.4, 0.5) is 5.00 Å². The Morgan fingerprint density at radius 2 is 2.13 bits per heavy atom. The van der Waals surface area contributed by atoms with Crippen LogP contribution in [0.25, 0.3) is 5.65 Å². The average molecular weight is 423 g/mol. The fraction of sp³-hybridized carbons (Fsp3) is 0.333. The van der Waals surface area contributed by atoms with Gasteiger partial charge in [-0.3, -0.25) is 14.4 Å². The van der Waals surface area contributed by atoms with Crippen LogP contribution in [0.3, 0.4) is 0 Å². The van der Waals surface area contributed by atoms with Crippen molar-refractivity contribution in [2.24, 2.45) is 0 Å². The molecule has 2 aliphatic rings. The minimum atomic E-state index is -0.195. The molecule has 1 N–H and O–H groups in total. The molecule has 5 heterocycles. The third-order valence-electron chi connectivity index (χ3n) is 5.74. The summed E-state index contributed by atoms with van der Waals surface area (Å²) in [5.41, 5.74) is 4.34. The minimum Gasteiger partial charge on any atom is -0.337 e. The average Bonchev–Trinajstić information content (AvgIpc) is 3.25. The number of aryl methyl sites for hydroxylation is 1. The van der Waals surface area contributed by atoms with Gasteiger partial charge >= 0.3 is 0 Å². The quantitative estimate of drug-likeness (QED) is 0.682. The highest BCUT2D eigenvalue weighted by Gasteiger charge is 2.33. The zero-order valence-electron chi connectivity index (χ0n) is 16.8. The minimum absolute atomic E-state index is 0.0278. The van der Waals surface area contributed by atoms with E-state index in [2.05, 4.69) is 10.3 Å². The Kier molecular flexibility index (Phi) is 4.35. The fourth-order valence-electron chi connectivity index (χ4n) is 4.17. The number of rotatable bonds is 2. The highest BCUT2D eigenvalue weighted by molar-refractivity contribution is 7.17. The number of imidazole rings is 1. The molecule has 0 bridgehead atoms. The molecule has 3 aromatic heterocycles. The Morgan fingerprint density at radius 3 is 2.97 bits per heavy atom. The van der Waals surface area contributed by atoms with Crippen molar-refractivity contribution in [1.29, 1.82) is 0 Å². The third kappa shape index (κ3) is 2.97. The van der Waals surface area contributed by atoms with E-state index < -0.39 is 0 Å². The summed E-state index contributed by atoms with van der Waals surface area (Å²) in [5.74, 6) is -0.305. The van der Waals surface area contributed by atoms with Crippen molar-refractivity contribution in [2.45, 2.75) is 26.3 Å². The number of carbonyl (C=O) groups is 3. The molecule has 0 radical (unpaired) electrons. The molecule has 0 saturated carbocycles. The number of carbonyl (C=O) groups excluding carboxylic acids is 3. The number of likely N-dealkylation sites (N-methyl/N-ethyl adjacent to an activating group) is 1. The van der Waals surface area contributed by atoms with E-state index in [4.69, 9.17) is 0 Å². The molecule has 3 aromatic rings. The highest BCUT2D eigenvalue weighted by Crippen LogP contribution is 2.38. The lowest BCUT2D eigenvalue weighted by Gasteiger charge is -2.27. The van der Waals surface area contributed by atoms with E-state index in [1.807, 2.05) is 34.6 Å². The molecule has 9 heteroatoms. The summed E-state index contributed by atoms with van der Waals surface area (Å²) in [5, 5.41) is 3.45. The second kappa shape index (κ2) is 6.94. The number of thiophene rings is 1. The molecule has 3 amide bonds. The summed E-state index contributed by atoms with van der Waals surface area (Å²) in [4.78, 5) is 46.5. The van der Waals surface area contributed by atoms with Gasteiger partial charge in [0.15, 0.2) is 0 Å². The molecule has 30 heavy (non-hydrogen) atoms. The molecule has 0 unspecified atom stereocenters. The van der Waals surface area contributed by atoms with Crippen molar-refractivity contribution in [2.75, 3.05) is 25.5 Å². The summed E-state index contributed by atoms with van der Waals surface area (Å²) >= 11 is 1.40. The Labute approximate surface area is 177 Å². The van der Waals surface area contributed by atoms with Crippen molar-refractivity contribution >= 4 is 39.7 Å². The Bertz CT molecular complexity index is 1210. The van der Waals surface area contributed by atoms with Crippen molar-refractivity contribution in [3.8, 4) is 0 Å². The maximum Gasteiger partial charge on any atom is 0.257 e. The standard InChI is InChI=1S/C21H21N5O3S/c1-12-4-3-6-26-13(9-22-19(12)26)8-17(28)25-7-5-14-15(10-25)30-20-18(14)21(29)24(2)11-16(27)23-20/h3-4,6,9H,5,7-8,10-11H2,1-2H3,(H,23,27). The molecule has 2 aliphatic heterocycles. The molecule has 154 valence electrons. The number of hydrogen-bond donors (Lipinski definition) is 1. The van der Waals surface area contributed by atoms with Gasteiger partial charge in [-0.15, -0.1) is 11.3 Å². The van der Waals surface area contributed by atoms with Crippen molar-refractivity contribution in [3.63, 3.8) is 0 Å². The molecule has 8 nitrogen and oxygen atoms in total. The molecule has 0 saturated heterocycles. The molecule has 0 aromatic carbocycles. The van der Waals surface area contributed by atoms with Gasteiger partial charge in [0, 0.05) is 30.9 Å². The number of fused-ring (bicyclic) bond motifs is 4. The number of aromatic nitrogens is 2. The molecule has 0 aliphatic carbocycles. The summed E-state index contributed by atoms with van der Waals surface area (Å²) < 4.78 is 1.96. The topological polar surface area (TPSA) is 87.0 Å². The van der Waals surface area contributed by atoms with Gasteiger partial charge in [-0.05, 0) is 30.5 Å². The van der Waals surface area contributed by atoms with Crippen LogP contribution in [0, 0.1) is 6.92 Å². The third-order valence-corrected chi connectivity index (χ3v) is 6.88. The van der Waals surface area contributed by atoms with Crippen LogP contribution in [0.2, 0.25) is 0 Å². The lowest BCUT2D eigenvalue weighted by molar-refractivity contribution is -0.131. The van der Waals surface area contributed by atoms with Crippen LogP contribution in [0.15, 0.2) is 24.5 Å². The van der Waals surface area contributed by atoms with Crippen molar-refractivity contribution in [3.05, 3.63) is 51.8 Å². The second-order valence-corrected chi connectivity index (χ2v) is 8.90. The Hall–Kier alpha value is -3.20. The van der Waals surface area contributed by atoms with Crippen molar-refractivity contribution in [1.82, 2.24) is 19.2 Å². The van der Waals surface area contributed by atoms with E-state index in [0.717, 1.165) is 27.3 Å². The second-order valence-electron chi connectivity index (χ2n) is 7.79. The van der Waals surface area contributed by atoms with Crippen LogP contribution < -0.4 is 5.32 Å². The van der Waals surface area contributed by atoms with Gasteiger partial charge in [0.1, 0.15) is 10.6 Å². The summed E-state index contributed by atoms with van der Waals surface area (Å²) in [6.07, 6.45) is 4.55. The number of nitrogens with one attached hydrogen (secondary N) is 1. The normalized spacial score (nSPS) is 16.3. The number of pyridine rings is 1. The van der Waals surface area contributed by atoms with E-state index in [0.29, 0.717) is 30.1 Å². The predicted octanol–water partition coefficient (Wildman–Crippen LogP) is 1.86. The summed E-state index contributed by atoms with van der Waals surface area (Å²) in [6, 6.07) is 3.95. The SMILES string of the molecule is Cc1cccn2c(CC(=O)N3CCc4c(sc5c4C(=O)N(C)CC(=O)N5)C3)cnc12. The van der Waals surface area contributed by atoms with E-state index in [-0.39, 0.29) is 30.7 Å². The molecule has 0 atom stereocenters. The first-order valence-electron chi connectivity index (χ1n) is 9.81. The van der Waals surface area contributed by atoms with Gasteiger partial charge in [-0.25, -0.2) is 4.98 Å². The van der Waals surface area contributed by atoms with Gasteiger partial charge in [0.25, 0.3) is 5.91 Å². The van der Waals surface area contributed by atoms with E-state index in [1.54, 1.807) is 13.2 Å². The first kappa shape index (κ1) is 18.8. The molecular formula is C21H21N5O3S. The van der Waals surface area contributed by atoms with E-state index in [1.165, 1.54) is 16.2 Å². The van der Waals surface area contributed by atoms with Crippen LogP contribution >= 0.6 is 11.3 Å².